The van der Waals surface area contributed by atoms with Crippen LogP contribution in [0.25, 0.3) is 0 Å². The molecule has 0 saturated carbocycles. The molecule has 1 fully saturated rings. The highest BCUT2D eigenvalue weighted by Crippen LogP contribution is 2.35. The maximum Gasteiger partial charge on any atom is 0.338 e. The van der Waals surface area contributed by atoms with Crippen LogP contribution in [0.2, 0.25) is 0 Å². The first-order valence-corrected chi connectivity index (χ1v) is 4.07. The van der Waals surface area contributed by atoms with Crippen molar-refractivity contribution >= 4 is 13.8 Å². The average molecular weight is 133 g/mol. The van der Waals surface area contributed by atoms with Crippen molar-refractivity contribution in [1.29, 1.82) is 0 Å². The second-order valence-electron chi connectivity index (χ2n) is 1.70. The summed E-state index contributed by atoms with van der Waals surface area (Å²) in [7, 11) is -0.837. The van der Waals surface area contributed by atoms with Gasteiger partial charge in [0, 0.05) is 0 Å². The maximum atomic E-state index is 10.2. The highest BCUT2D eigenvalue weighted by molar-refractivity contribution is 7.72. The molecule has 3 nitrogen and oxygen atoms in total. The first-order chi connectivity index (χ1) is 3.80. The van der Waals surface area contributed by atoms with Gasteiger partial charge in [-0.1, -0.05) is 0 Å². The molecule has 0 aliphatic carbocycles. The molecule has 0 aromatic rings. The largest absolute Gasteiger partial charge is 0.477 e. The van der Waals surface area contributed by atoms with Crippen LogP contribution in [-0.2, 0) is 0 Å². The van der Waals surface area contributed by atoms with E-state index in [1.54, 1.807) is 0 Å². The fraction of sp³-hybridized carbons (Fsp3) is 0.750. The monoisotopic (exact) mass is 133 g/mol. The van der Waals surface area contributed by atoms with E-state index in [9.17, 15) is 4.79 Å². The van der Waals surface area contributed by atoms with E-state index < -0.39 is 13.8 Å². The van der Waals surface area contributed by atoms with E-state index in [1.807, 2.05) is 0 Å². The molecule has 8 heavy (non-hydrogen) atoms. The van der Waals surface area contributed by atoms with Crippen molar-refractivity contribution in [2.75, 3.05) is 12.7 Å². The summed E-state index contributed by atoms with van der Waals surface area (Å²) >= 11 is 0. The van der Waals surface area contributed by atoms with E-state index in [0.29, 0.717) is 0 Å². The second kappa shape index (κ2) is 2.42. The Morgan fingerprint density at radius 2 is 2.50 bits per heavy atom. The van der Waals surface area contributed by atoms with Gasteiger partial charge in [-0.25, -0.2) is 4.79 Å². The van der Waals surface area contributed by atoms with Gasteiger partial charge in [0.2, 0.25) is 0 Å². The van der Waals surface area contributed by atoms with Crippen LogP contribution < -0.4 is 5.09 Å². The lowest BCUT2D eigenvalue weighted by molar-refractivity contribution is 0.220. The topological polar surface area (TPSA) is 49.3 Å². The van der Waals surface area contributed by atoms with Crippen molar-refractivity contribution in [3.05, 3.63) is 0 Å². The molecular formula is C4H8NO2P. The van der Waals surface area contributed by atoms with E-state index in [2.05, 4.69) is 5.09 Å². The molecule has 4 heteroatoms. The summed E-state index contributed by atoms with van der Waals surface area (Å²) in [5.74, 6) is 0. The maximum absolute atomic E-state index is 10.2. The zero-order chi connectivity index (χ0) is 5.98. The lowest BCUT2D eigenvalue weighted by Gasteiger charge is -1.99. The second-order valence-corrected chi connectivity index (χ2v) is 3.70. The third-order valence-electron chi connectivity index (χ3n) is 1.09. The Morgan fingerprint density at radius 3 is 2.75 bits per heavy atom. The number of carboxylic acid groups (broad SMARTS) is 1. The van der Waals surface area contributed by atoms with Crippen molar-refractivity contribution < 1.29 is 9.90 Å². The average Bonchev–Trinajstić information content (AvgIpc) is 2.12. The van der Waals surface area contributed by atoms with Crippen LogP contribution in [0.1, 0.15) is 6.42 Å². The van der Waals surface area contributed by atoms with E-state index in [4.69, 9.17) is 5.11 Å². The minimum Gasteiger partial charge on any atom is -0.477 e. The smallest absolute Gasteiger partial charge is 0.338 e. The quantitative estimate of drug-likeness (QED) is 0.525. The Kier molecular flexibility index (Phi) is 1.81. The van der Waals surface area contributed by atoms with Gasteiger partial charge in [0.25, 0.3) is 0 Å². The van der Waals surface area contributed by atoms with E-state index >= 15 is 0 Å². The molecule has 0 aromatic heterocycles. The molecule has 0 bridgehead atoms. The standard InChI is InChI=1S/C4H8NO2P/c6-4(7)8-3-1-2-5-8/h5H,1-3H2,(H,6,7). The molecule has 1 heterocycles. The molecule has 1 unspecified atom stereocenters. The van der Waals surface area contributed by atoms with Gasteiger partial charge in [-0.05, 0) is 19.1 Å². The molecule has 1 atom stereocenters. The fourth-order valence-electron chi connectivity index (χ4n) is 0.694. The first-order valence-electron chi connectivity index (χ1n) is 2.54. The zero-order valence-electron chi connectivity index (χ0n) is 4.42. The summed E-state index contributed by atoms with van der Waals surface area (Å²) in [4.78, 5) is 10.2. The van der Waals surface area contributed by atoms with Crippen molar-refractivity contribution in [3.63, 3.8) is 0 Å². The highest BCUT2D eigenvalue weighted by Gasteiger charge is 2.20. The van der Waals surface area contributed by atoms with E-state index in [-0.39, 0.29) is 0 Å². The fourth-order valence-corrected chi connectivity index (χ4v) is 2.08. The van der Waals surface area contributed by atoms with Gasteiger partial charge in [0.05, 0.1) is 8.07 Å². The number of hydrogen-bond donors (Lipinski definition) is 2. The van der Waals surface area contributed by atoms with Crippen molar-refractivity contribution in [2.45, 2.75) is 6.42 Å². The third-order valence-corrected chi connectivity index (χ3v) is 2.92. The van der Waals surface area contributed by atoms with Gasteiger partial charge in [-0.2, -0.15) is 0 Å². The van der Waals surface area contributed by atoms with Gasteiger partial charge in [0.1, 0.15) is 0 Å². The SMILES string of the molecule is O=C(O)P1CCCN1. The summed E-state index contributed by atoms with van der Waals surface area (Å²) in [5.41, 5.74) is -0.655. The molecule has 1 rings (SSSR count). The Hall–Kier alpha value is -0.140. The minimum absolute atomic E-state index is 0.655. The van der Waals surface area contributed by atoms with Crippen LogP contribution in [0.5, 0.6) is 0 Å². The molecule has 0 radical (unpaired) electrons. The summed E-state index contributed by atoms with van der Waals surface area (Å²) in [6, 6.07) is 0. The summed E-state index contributed by atoms with van der Waals surface area (Å²) in [6.07, 6.45) is 1.88. The normalized spacial score (nSPS) is 28.2. The van der Waals surface area contributed by atoms with Gasteiger partial charge in [-0.3, -0.25) is 5.09 Å². The molecule has 1 aliphatic heterocycles. The van der Waals surface area contributed by atoms with Crippen molar-refractivity contribution in [1.82, 2.24) is 5.09 Å². The summed E-state index contributed by atoms with van der Waals surface area (Å²) in [5, 5.41) is 11.3. The lowest BCUT2D eigenvalue weighted by Crippen LogP contribution is -2.03. The Morgan fingerprint density at radius 1 is 1.75 bits per heavy atom. The van der Waals surface area contributed by atoms with Crippen LogP contribution in [0, 0.1) is 0 Å². The van der Waals surface area contributed by atoms with Crippen molar-refractivity contribution in [2.24, 2.45) is 0 Å². The van der Waals surface area contributed by atoms with Crippen LogP contribution in [-0.4, -0.2) is 23.5 Å². The Labute approximate surface area is 48.9 Å². The summed E-state index contributed by atoms with van der Waals surface area (Å²) in [6.45, 7) is 0.887. The molecule has 1 aliphatic rings. The molecule has 0 amide bonds. The predicted octanol–water partition coefficient (Wildman–Crippen LogP) is 1.05. The van der Waals surface area contributed by atoms with Crippen LogP contribution in [0.3, 0.4) is 0 Å². The van der Waals surface area contributed by atoms with Crippen molar-refractivity contribution in [3.8, 4) is 0 Å². The Bertz CT molecular complexity index is 100. The van der Waals surface area contributed by atoms with E-state index in [0.717, 1.165) is 19.1 Å². The van der Waals surface area contributed by atoms with Gasteiger partial charge >= 0.3 is 5.71 Å². The molecular weight excluding hydrogens is 125 g/mol. The molecule has 0 aromatic carbocycles. The van der Waals surface area contributed by atoms with E-state index in [1.165, 1.54) is 0 Å². The van der Waals surface area contributed by atoms with Crippen LogP contribution in [0.4, 0.5) is 4.79 Å². The summed E-state index contributed by atoms with van der Waals surface area (Å²) < 4.78 is 0. The lowest BCUT2D eigenvalue weighted by atomic mass is 10.5. The number of hydrogen-bond acceptors (Lipinski definition) is 2. The predicted molar refractivity (Wildman–Crippen MR) is 32.4 cm³/mol. The molecule has 2 N–H and O–H groups in total. The molecule has 1 saturated heterocycles. The van der Waals surface area contributed by atoms with Crippen LogP contribution >= 0.6 is 8.07 Å². The molecule has 46 valence electrons. The first kappa shape index (κ1) is 5.99. The Balaban J connectivity index is 2.35. The van der Waals surface area contributed by atoms with Crippen LogP contribution in [0.15, 0.2) is 0 Å². The van der Waals surface area contributed by atoms with Gasteiger partial charge in [0.15, 0.2) is 0 Å². The number of rotatable bonds is 1. The minimum atomic E-state index is -0.837. The highest BCUT2D eigenvalue weighted by atomic mass is 31.1. The van der Waals surface area contributed by atoms with Gasteiger partial charge < -0.3 is 5.11 Å². The number of nitrogens with one attached hydrogen (secondary N) is 1. The molecule has 0 spiro atoms. The van der Waals surface area contributed by atoms with Gasteiger partial charge in [-0.15, -0.1) is 0 Å². The zero-order valence-corrected chi connectivity index (χ0v) is 5.32. The number of carbonyl (C=O) groups is 1. The third kappa shape index (κ3) is 1.17.